The largest absolute Gasteiger partial charge is 0.493 e. The molecule has 0 atom stereocenters. The van der Waals surface area contributed by atoms with Gasteiger partial charge in [0.15, 0.2) is 0 Å². The Morgan fingerprint density at radius 1 is 1.21 bits per heavy atom. The molecule has 1 aromatic carbocycles. The van der Waals surface area contributed by atoms with E-state index < -0.39 is 0 Å². The first kappa shape index (κ1) is 11.4. The highest BCUT2D eigenvalue weighted by atomic mass is 32.2. The van der Waals surface area contributed by atoms with Gasteiger partial charge in [-0.25, -0.2) is 0 Å². The maximum atomic E-state index is 5.57. The smallest absolute Gasteiger partial charge is 0.119 e. The van der Waals surface area contributed by atoms with Crippen molar-refractivity contribution in [1.29, 1.82) is 0 Å². The second-order valence-corrected chi connectivity index (χ2v) is 4.78. The molecule has 0 N–H and O–H groups in total. The first-order valence-corrected chi connectivity index (χ1v) is 6.20. The van der Waals surface area contributed by atoms with E-state index in [4.69, 9.17) is 4.74 Å². The van der Waals surface area contributed by atoms with Gasteiger partial charge in [0.25, 0.3) is 0 Å². The normalized spacial score (nSPS) is 10.5. The molecule has 1 rings (SSSR count). The van der Waals surface area contributed by atoms with Crippen molar-refractivity contribution < 1.29 is 4.74 Å². The zero-order chi connectivity index (χ0) is 10.2. The lowest BCUT2D eigenvalue weighted by molar-refractivity contribution is 0.344. The Morgan fingerprint density at radius 3 is 2.57 bits per heavy atom. The van der Waals surface area contributed by atoms with Crippen LogP contribution in [0.2, 0.25) is 0 Å². The van der Waals surface area contributed by atoms with Gasteiger partial charge in [-0.15, -0.1) is 0 Å². The van der Waals surface area contributed by atoms with Crippen molar-refractivity contribution in [1.82, 2.24) is 0 Å². The Kier molecular flexibility index (Phi) is 5.53. The van der Waals surface area contributed by atoms with E-state index in [1.165, 1.54) is 5.75 Å². The number of rotatable bonds is 6. The van der Waals surface area contributed by atoms with Gasteiger partial charge in [0, 0.05) is 5.75 Å². The highest BCUT2D eigenvalue weighted by molar-refractivity contribution is 7.99. The van der Waals surface area contributed by atoms with Gasteiger partial charge in [-0.2, -0.15) is 11.8 Å². The fraction of sp³-hybridized carbons (Fsp3) is 0.500. The number of para-hydroxylation sites is 1. The van der Waals surface area contributed by atoms with Crippen LogP contribution in [-0.4, -0.2) is 18.1 Å². The van der Waals surface area contributed by atoms with E-state index >= 15 is 0 Å². The van der Waals surface area contributed by atoms with E-state index in [9.17, 15) is 0 Å². The van der Waals surface area contributed by atoms with E-state index in [0.29, 0.717) is 0 Å². The zero-order valence-electron chi connectivity index (χ0n) is 8.90. The van der Waals surface area contributed by atoms with Gasteiger partial charge >= 0.3 is 0 Å². The number of ether oxygens (including phenoxy) is 1. The molecule has 78 valence electrons. The molecule has 1 aromatic rings. The summed E-state index contributed by atoms with van der Waals surface area (Å²) in [6.45, 7) is 5.29. The van der Waals surface area contributed by atoms with Crippen LogP contribution in [0.1, 0.15) is 13.8 Å². The molecule has 0 saturated heterocycles. The molecule has 0 aliphatic rings. The predicted octanol–water partition coefficient (Wildman–Crippen LogP) is 3.45. The molecule has 0 radical (unpaired) electrons. The second kappa shape index (κ2) is 6.77. The first-order valence-electron chi connectivity index (χ1n) is 5.04. The van der Waals surface area contributed by atoms with Crippen molar-refractivity contribution in [3.8, 4) is 5.75 Å². The van der Waals surface area contributed by atoms with Crippen LogP contribution in [0.25, 0.3) is 0 Å². The zero-order valence-corrected chi connectivity index (χ0v) is 9.72. The molecule has 0 bridgehead atoms. The summed E-state index contributed by atoms with van der Waals surface area (Å²) in [6, 6.07) is 9.98. The highest BCUT2D eigenvalue weighted by Gasteiger charge is 1.95. The standard InChI is InChI=1S/C12H18OS/c1-11(2)10-14-9-8-13-12-6-4-3-5-7-12/h3-7,11H,8-10H2,1-2H3. The number of benzene rings is 1. The van der Waals surface area contributed by atoms with Gasteiger partial charge < -0.3 is 4.74 Å². The molecule has 0 spiro atoms. The highest BCUT2D eigenvalue weighted by Crippen LogP contribution is 2.10. The third kappa shape index (κ3) is 5.18. The van der Waals surface area contributed by atoms with Crippen LogP contribution in [0, 0.1) is 5.92 Å². The molecular weight excluding hydrogens is 192 g/mol. The molecule has 14 heavy (non-hydrogen) atoms. The molecule has 0 fully saturated rings. The van der Waals surface area contributed by atoms with E-state index in [2.05, 4.69) is 13.8 Å². The Balaban J connectivity index is 2.05. The summed E-state index contributed by atoms with van der Waals surface area (Å²) in [5, 5.41) is 0. The monoisotopic (exact) mass is 210 g/mol. The maximum Gasteiger partial charge on any atom is 0.119 e. The Labute approximate surface area is 90.9 Å². The van der Waals surface area contributed by atoms with Gasteiger partial charge in [0.1, 0.15) is 5.75 Å². The van der Waals surface area contributed by atoms with Crippen molar-refractivity contribution in [2.24, 2.45) is 5.92 Å². The molecule has 0 aromatic heterocycles. The molecule has 0 aliphatic carbocycles. The van der Waals surface area contributed by atoms with E-state index in [0.717, 1.165) is 24.0 Å². The van der Waals surface area contributed by atoms with Crippen molar-refractivity contribution in [2.75, 3.05) is 18.1 Å². The SMILES string of the molecule is CC(C)CSCCOc1ccccc1. The quantitative estimate of drug-likeness (QED) is 0.665. The molecule has 0 saturated carbocycles. The Bertz CT molecular complexity index is 233. The minimum absolute atomic E-state index is 0.775. The van der Waals surface area contributed by atoms with Crippen molar-refractivity contribution in [3.63, 3.8) is 0 Å². The van der Waals surface area contributed by atoms with Gasteiger partial charge in [0.2, 0.25) is 0 Å². The molecule has 0 unspecified atom stereocenters. The lowest BCUT2D eigenvalue weighted by Crippen LogP contribution is -2.02. The molecule has 0 heterocycles. The summed E-state index contributed by atoms with van der Waals surface area (Å²) < 4.78 is 5.57. The average Bonchev–Trinajstić information content (AvgIpc) is 2.18. The second-order valence-electron chi connectivity index (χ2n) is 3.63. The van der Waals surface area contributed by atoms with Gasteiger partial charge in [-0.05, 0) is 23.8 Å². The lowest BCUT2D eigenvalue weighted by Gasteiger charge is -2.06. The van der Waals surface area contributed by atoms with Crippen molar-refractivity contribution in [3.05, 3.63) is 30.3 Å². The Hall–Kier alpha value is -0.630. The van der Waals surface area contributed by atoms with Gasteiger partial charge in [0.05, 0.1) is 6.61 Å². The number of thioether (sulfide) groups is 1. The minimum Gasteiger partial charge on any atom is -0.493 e. The molecule has 0 aliphatic heterocycles. The van der Waals surface area contributed by atoms with Crippen molar-refractivity contribution in [2.45, 2.75) is 13.8 Å². The first-order chi connectivity index (χ1) is 6.79. The molecule has 2 heteroatoms. The van der Waals surface area contributed by atoms with E-state index in [-0.39, 0.29) is 0 Å². The summed E-state index contributed by atoms with van der Waals surface area (Å²) in [4.78, 5) is 0. The van der Waals surface area contributed by atoms with E-state index in [1.807, 2.05) is 42.1 Å². The van der Waals surface area contributed by atoms with Crippen molar-refractivity contribution >= 4 is 11.8 Å². The summed E-state index contributed by atoms with van der Waals surface area (Å²) in [5.74, 6) is 4.04. The molecule has 0 amide bonds. The summed E-state index contributed by atoms with van der Waals surface area (Å²) in [7, 11) is 0. The van der Waals surface area contributed by atoms with E-state index in [1.54, 1.807) is 0 Å². The van der Waals surface area contributed by atoms with Crippen LogP contribution in [0.3, 0.4) is 0 Å². The van der Waals surface area contributed by atoms with Crippen LogP contribution in [0.5, 0.6) is 5.75 Å². The number of hydrogen-bond acceptors (Lipinski definition) is 2. The topological polar surface area (TPSA) is 9.23 Å². The summed E-state index contributed by atoms with van der Waals surface area (Å²) in [5.41, 5.74) is 0. The Morgan fingerprint density at radius 2 is 1.93 bits per heavy atom. The molecule has 1 nitrogen and oxygen atoms in total. The number of hydrogen-bond donors (Lipinski definition) is 0. The van der Waals surface area contributed by atoms with Crippen LogP contribution < -0.4 is 4.74 Å². The average molecular weight is 210 g/mol. The van der Waals surface area contributed by atoms with Crippen LogP contribution >= 0.6 is 11.8 Å². The summed E-state index contributed by atoms with van der Waals surface area (Å²) >= 11 is 1.96. The fourth-order valence-corrected chi connectivity index (χ4v) is 1.89. The third-order valence-corrected chi connectivity index (χ3v) is 3.05. The molecular formula is C12H18OS. The van der Waals surface area contributed by atoms with Gasteiger partial charge in [-0.3, -0.25) is 0 Å². The van der Waals surface area contributed by atoms with Crippen LogP contribution in [0.4, 0.5) is 0 Å². The van der Waals surface area contributed by atoms with Gasteiger partial charge in [-0.1, -0.05) is 32.0 Å². The van der Waals surface area contributed by atoms with Crippen LogP contribution in [-0.2, 0) is 0 Å². The lowest BCUT2D eigenvalue weighted by atomic mass is 10.3. The fourth-order valence-electron chi connectivity index (χ4n) is 1.05. The predicted molar refractivity (Wildman–Crippen MR) is 64.1 cm³/mol. The third-order valence-electron chi connectivity index (χ3n) is 1.69. The van der Waals surface area contributed by atoms with Crippen LogP contribution in [0.15, 0.2) is 30.3 Å². The minimum atomic E-state index is 0.775. The maximum absolute atomic E-state index is 5.57. The summed E-state index contributed by atoms with van der Waals surface area (Å²) in [6.07, 6.45) is 0.